The van der Waals surface area contributed by atoms with Crippen molar-refractivity contribution in [2.24, 2.45) is 11.8 Å². The number of nitrogens with one attached hydrogen (secondary N) is 1. The molecule has 1 aliphatic rings. The van der Waals surface area contributed by atoms with Gasteiger partial charge in [-0.1, -0.05) is 101 Å². The molecule has 1 heterocycles. The van der Waals surface area contributed by atoms with E-state index >= 15 is 0 Å². The van der Waals surface area contributed by atoms with Crippen molar-refractivity contribution in [2.45, 2.75) is 105 Å². The molecular weight excluding hydrogens is 560 g/mol. The van der Waals surface area contributed by atoms with Gasteiger partial charge in [0.25, 0.3) is 0 Å². The third-order valence-corrected chi connectivity index (χ3v) is 8.99. The lowest BCUT2D eigenvalue weighted by Crippen LogP contribution is -2.58. The first-order chi connectivity index (χ1) is 21.4. The predicted molar refractivity (Wildman–Crippen MR) is 183 cm³/mol. The number of rotatable bonds is 14. The molecule has 0 unspecified atom stereocenters. The van der Waals surface area contributed by atoms with Gasteiger partial charge < -0.3 is 15.1 Å². The Bertz CT molecular complexity index is 1260. The largest absolute Gasteiger partial charge is 0.343 e. The van der Waals surface area contributed by atoms with Crippen LogP contribution >= 0.6 is 0 Å². The van der Waals surface area contributed by atoms with E-state index in [9.17, 15) is 14.4 Å². The third-order valence-electron chi connectivity index (χ3n) is 8.99. The van der Waals surface area contributed by atoms with Crippen molar-refractivity contribution < 1.29 is 14.4 Å². The minimum absolute atomic E-state index is 0.0407. The van der Waals surface area contributed by atoms with Crippen molar-refractivity contribution in [1.29, 1.82) is 0 Å². The van der Waals surface area contributed by atoms with Crippen LogP contribution < -0.4 is 5.32 Å². The Morgan fingerprint density at radius 1 is 0.889 bits per heavy atom. The van der Waals surface area contributed by atoms with Crippen LogP contribution in [0.25, 0.3) is 0 Å². The lowest BCUT2D eigenvalue weighted by molar-refractivity contribution is -0.140. The van der Waals surface area contributed by atoms with E-state index in [1.54, 1.807) is 11.9 Å². The van der Waals surface area contributed by atoms with Crippen molar-refractivity contribution in [3.8, 4) is 0 Å². The van der Waals surface area contributed by atoms with E-state index in [1.807, 2.05) is 80.3 Å². The summed E-state index contributed by atoms with van der Waals surface area (Å²) in [5.41, 5.74) is 2.86. The summed E-state index contributed by atoms with van der Waals surface area (Å²) in [4.78, 5) is 47.4. The van der Waals surface area contributed by atoms with Crippen LogP contribution in [-0.2, 0) is 27.3 Å². The van der Waals surface area contributed by atoms with Crippen molar-refractivity contribution in [2.75, 3.05) is 20.1 Å². The molecule has 246 valence electrons. The molecule has 0 aliphatic carbocycles. The normalized spacial score (nSPS) is 17.3. The summed E-state index contributed by atoms with van der Waals surface area (Å²) >= 11 is 0. The molecule has 3 atom stereocenters. The quantitative estimate of drug-likeness (QED) is 0.261. The van der Waals surface area contributed by atoms with E-state index in [-0.39, 0.29) is 47.7 Å². The number of nitrogens with zero attached hydrogens (tertiary/aromatic N) is 3. The number of carbonyl (C=O) groups excluding carboxylic acids is 3. The Hall–Kier alpha value is -3.45. The molecule has 7 heteroatoms. The number of hydrogen-bond acceptors (Lipinski definition) is 4. The van der Waals surface area contributed by atoms with Crippen LogP contribution in [0.3, 0.4) is 0 Å². The van der Waals surface area contributed by atoms with Crippen LogP contribution in [-0.4, -0.2) is 76.7 Å². The van der Waals surface area contributed by atoms with E-state index < -0.39 is 6.04 Å². The number of likely N-dealkylation sites (N-methyl/N-ethyl adjacent to an activating group) is 1. The van der Waals surface area contributed by atoms with Gasteiger partial charge >= 0.3 is 0 Å². The summed E-state index contributed by atoms with van der Waals surface area (Å²) in [6.07, 6.45) is 5.60. The lowest BCUT2D eigenvalue weighted by atomic mass is 9.95. The number of amides is 3. The highest BCUT2D eigenvalue weighted by Crippen LogP contribution is 2.22. The minimum atomic E-state index is -0.649. The molecule has 1 aliphatic heterocycles. The second-order valence-corrected chi connectivity index (χ2v) is 13.6. The summed E-state index contributed by atoms with van der Waals surface area (Å²) in [6, 6.07) is 19.3. The van der Waals surface area contributed by atoms with Gasteiger partial charge in [0.2, 0.25) is 17.7 Å². The van der Waals surface area contributed by atoms with Crippen LogP contribution in [0, 0.1) is 11.8 Å². The van der Waals surface area contributed by atoms with Gasteiger partial charge in [0.1, 0.15) is 6.04 Å². The standard InChI is InChI=1S/C38H56N4O3/c1-27(2)34(40(8)38(45)35(28(3)4)39-36(43)33-21-15-16-23-42(33)29(5)6)25-30(7)37(44)41(26-32-19-13-10-14-20-32)24-22-31-17-11-9-12-18-31/h9-14,17-20,25,27-29,33-35H,15-16,21-24,26H2,1-8H3,(H,39,43)/b30-25+/t33-,34-,35+/m1/s1. The Morgan fingerprint density at radius 2 is 1.49 bits per heavy atom. The average Bonchev–Trinajstić information content (AvgIpc) is 3.03. The van der Waals surface area contributed by atoms with Crippen LogP contribution in [0.4, 0.5) is 0 Å². The van der Waals surface area contributed by atoms with Crippen molar-refractivity contribution in [3.05, 3.63) is 83.4 Å². The molecule has 2 aromatic rings. The van der Waals surface area contributed by atoms with Crippen LogP contribution in [0.1, 0.15) is 78.9 Å². The van der Waals surface area contributed by atoms with Crippen LogP contribution in [0.15, 0.2) is 72.3 Å². The van der Waals surface area contributed by atoms with Gasteiger partial charge in [-0.2, -0.15) is 0 Å². The summed E-state index contributed by atoms with van der Waals surface area (Å²) in [5, 5.41) is 3.13. The van der Waals surface area contributed by atoms with Gasteiger partial charge in [0.05, 0.1) is 12.1 Å². The number of piperidine rings is 1. The second-order valence-electron chi connectivity index (χ2n) is 13.6. The zero-order chi connectivity index (χ0) is 33.1. The molecule has 7 nitrogen and oxygen atoms in total. The SMILES string of the molecule is C/C(=C\[C@H](C(C)C)N(C)C(=O)[C@@H](NC(=O)[C@H]1CCCCN1C(C)C)C(C)C)C(=O)N(CCc1ccccc1)Cc1ccccc1. The summed E-state index contributed by atoms with van der Waals surface area (Å²) in [7, 11) is 1.79. The zero-order valence-corrected chi connectivity index (χ0v) is 28.8. The topological polar surface area (TPSA) is 73.0 Å². The maximum absolute atomic E-state index is 14.0. The van der Waals surface area contributed by atoms with Crippen LogP contribution in [0.5, 0.6) is 0 Å². The molecule has 1 fully saturated rings. The van der Waals surface area contributed by atoms with E-state index in [0.29, 0.717) is 18.7 Å². The van der Waals surface area contributed by atoms with E-state index in [1.165, 1.54) is 5.56 Å². The van der Waals surface area contributed by atoms with Gasteiger partial charge in [-0.15, -0.1) is 0 Å². The Morgan fingerprint density at radius 3 is 2.04 bits per heavy atom. The van der Waals surface area contributed by atoms with Crippen molar-refractivity contribution >= 4 is 17.7 Å². The number of benzene rings is 2. The summed E-state index contributed by atoms with van der Waals surface area (Å²) in [5.74, 6) is -0.265. The van der Waals surface area contributed by atoms with Gasteiger partial charge in [0, 0.05) is 31.8 Å². The maximum Gasteiger partial charge on any atom is 0.249 e. The van der Waals surface area contributed by atoms with Gasteiger partial charge in [-0.3, -0.25) is 19.3 Å². The van der Waals surface area contributed by atoms with Crippen molar-refractivity contribution in [1.82, 2.24) is 20.0 Å². The molecule has 0 radical (unpaired) electrons. The second kappa shape index (κ2) is 17.3. The molecule has 45 heavy (non-hydrogen) atoms. The molecule has 3 amide bonds. The summed E-state index contributed by atoms with van der Waals surface area (Å²) in [6.45, 7) is 16.2. The predicted octanol–water partition coefficient (Wildman–Crippen LogP) is 6.09. The Balaban J connectivity index is 1.80. The molecule has 1 N–H and O–H groups in total. The van der Waals surface area contributed by atoms with Crippen molar-refractivity contribution in [3.63, 3.8) is 0 Å². The van der Waals surface area contributed by atoms with Gasteiger partial charge in [0.15, 0.2) is 0 Å². The zero-order valence-electron chi connectivity index (χ0n) is 28.8. The first kappa shape index (κ1) is 36.0. The Kier molecular flexibility index (Phi) is 13.8. The van der Waals surface area contributed by atoms with E-state index in [0.717, 1.165) is 37.8 Å². The first-order valence-electron chi connectivity index (χ1n) is 16.8. The highest BCUT2D eigenvalue weighted by Gasteiger charge is 2.36. The fourth-order valence-electron chi connectivity index (χ4n) is 6.28. The number of carbonyl (C=O) groups is 3. The molecule has 0 saturated carbocycles. The molecule has 2 aromatic carbocycles. The molecule has 1 saturated heterocycles. The average molecular weight is 617 g/mol. The molecule has 0 aromatic heterocycles. The fourth-order valence-corrected chi connectivity index (χ4v) is 6.28. The molecule has 3 rings (SSSR count). The monoisotopic (exact) mass is 616 g/mol. The lowest BCUT2D eigenvalue weighted by Gasteiger charge is -2.39. The summed E-state index contributed by atoms with van der Waals surface area (Å²) < 4.78 is 0. The highest BCUT2D eigenvalue weighted by molar-refractivity contribution is 5.93. The molecule has 0 bridgehead atoms. The fraction of sp³-hybridized carbons (Fsp3) is 0.553. The first-order valence-corrected chi connectivity index (χ1v) is 16.8. The maximum atomic E-state index is 14.0. The van der Waals surface area contributed by atoms with E-state index in [4.69, 9.17) is 0 Å². The third kappa shape index (κ3) is 10.3. The Labute approximate surface area is 272 Å². The molecular formula is C38H56N4O3. The van der Waals surface area contributed by atoms with Gasteiger partial charge in [-0.25, -0.2) is 0 Å². The number of hydrogen-bond donors (Lipinski definition) is 1. The molecule has 0 spiro atoms. The van der Waals surface area contributed by atoms with E-state index in [2.05, 4.69) is 50.0 Å². The number of likely N-dealkylation sites (tertiary alicyclic amines) is 1. The smallest absolute Gasteiger partial charge is 0.249 e. The highest BCUT2D eigenvalue weighted by atomic mass is 16.2. The minimum Gasteiger partial charge on any atom is -0.343 e. The van der Waals surface area contributed by atoms with Gasteiger partial charge in [-0.05, 0) is 69.5 Å². The van der Waals surface area contributed by atoms with Crippen LogP contribution in [0.2, 0.25) is 0 Å².